The van der Waals surface area contributed by atoms with E-state index in [9.17, 15) is 9.59 Å². The van der Waals surface area contributed by atoms with E-state index in [1.807, 2.05) is 30.9 Å². The highest BCUT2D eigenvalue weighted by atomic mass is 16.7. The predicted octanol–water partition coefficient (Wildman–Crippen LogP) is 2.98. The number of hydrogen-bond acceptors (Lipinski definition) is 6. The SMILES string of the molecule is CC1(C)Oc2cccc(CN3CCC4(CC3)CCN(C(=O)c3ccc(N)[nH]c3=O)CC4)c2O1. The van der Waals surface area contributed by atoms with Crippen LogP contribution in [-0.2, 0) is 6.54 Å². The molecule has 2 aromatic rings. The summed E-state index contributed by atoms with van der Waals surface area (Å²) in [6.45, 7) is 8.15. The summed E-state index contributed by atoms with van der Waals surface area (Å²) in [5.41, 5.74) is 6.80. The van der Waals surface area contributed by atoms with Crippen molar-refractivity contribution in [2.75, 3.05) is 31.9 Å². The number of carbonyl (C=O) groups excluding carboxylic acids is 1. The summed E-state index contributed by atoms with van der Waals surface area (Å²) in [6, 6.07) is 9.21. The first kappa shape index (κ1) is 21.8. The minimum Gasteiger partial charge on any atom is -0.449 e. The molecule has 4 heterocycles. The Bertz CT molecular complexity index is 1110. The number of pyridine rings is 1. The van der Waals surface area contributed by atoms with Crippen molar-refractivity contribution in [2.24, 2.45) is 5.41 Å². The number of likely N-dealkylation sites (tertiary alicyclic amines) is 2. The molecule has 8 heteroatoms. The number of H-pyrrole nitrogens is 1. The van der Waals surface area contributed by atoms with Crippen molar-refractivity contribution in [3.8, 4) is 11.5 Å². The van der Waals surface area contributed by atoms with Crippen LogP contribution in [-0.4, -0.2) is 52.7 Å². The van der Waals surface area contributed by atoms with Crippen molar-refractivity contribution in [3.63, 3.8) is 0 Å². The van der Waals surface area contributed by atoms with E-state index in [2.05, 4.69) is 16.0 Å². The smallest absolute Gasteiger partial charge is 0.262 e. The zero-order valence-electron chi connectivity index (χ0n) is 19.4. The molecule has 33 heavy (non-hydrogen) atoms. The minimum atomic E-state index is -0.618. The number of piperidine rings is 2. The molecule has 1 aromatic carbocycles. The van der Waals surface area contributed by atoms with Crippen LogP contribution in [0.5, 0.6) is 11.5 Å². The number of nitrogens with one attached hydrogen (secondary N) is 1. The van der Waals surface area contributed by atoms with Gasteiger partial charge in [-0.3, -0.25) is 14.5 Å². The van der Waals surface area contributed by atoms with Crippen molar-refractivity contribution < 1.29 is 14.3 Å². The average molecular weight is 453 g/mol. The van der Waals surface area contributed by atoms with Crippen LogP contribution in [0.3, 0.4) is 0 Å². The Morgan fingerprint density at radius 2 is 1.73 bits per heavy atom. The summed E-state index contributed by atoms with van der Waals surface area (Å²) < 4.78 is 11.9. The molecule has 2 saturated heterocycles. The molecule has 3 N–H and O–H groups in total. The Hall–Kier alpha value is -3.00. The lowest BCUT2D eigenvalue weighted by atomic mass is 9.71. The summed E-state index contributed by atoms with van der Waals surface area (Å²) in [4.78, 5) is 31.7. The lowest BCUT2D eigenvalue weighted by Crippen LogP contribution is -2.48. The molecule has 0 bridgehead atoms. The topological polar surface area (TPSA) is 101 Å². The molecule has 3 aliphatic heterocycles. The van der Waals surface area contributed by atoms with Crippen LogP contribution < -0.4 is 20.8 Å². The van der Waals surface area contributed by atoms with Gasteiger partial charge in [0, 0.05) is 39.0 Å². The van der Waals surface area contributed by atoms with E-state index in [-0.39, 0.29) is 22.7 Å². The second-order valence-corrected chi connectivity index (χ2v) is 10.1. The molecule has 8 nitrogen and oxygen atoms in total. The zero-order chi connectivity index (χ0) is 23.2. The highest BCUT2D eigenvalue weighted by Crippen LogP contribution is 2.44. The highest BCUT2D eigenvalue weighted by Gasteiger charge is 2.39. The molecule has 0 unspecified atom stereocenters. The lowest BCUT2D eigenvalue weighted by molar-refractivity contribution is -0.0438. The van der Waals surface area contributed by atoms with E-state index in [0.717, 1.165) is 56.8 Å². The van der Waals surface area contributed by atoms with Crippen molar-refractivity contribution in [2.45, 2.75) is 51.9 Å². The fourth-order valence-corrected chi connectivity index (χ4v) is 5.35. The zero-order valence-corrected chi connectivity index (χ0v) is 19.4. The number of benzene rings is 1. The number of hydrogen-bond donors (Lipinski definition) is 2. The van der Waals surface area contributed by atoms with Gasteiger partial charge in [-0.15, -0.1) is 0 Å². The normalized spacial score (nSPS) is 21.3. The lowest BCUT2D eigenvalue weighted by Gasteiger charge is -2.47. The van der Waals surface area contributed by atoms with E-state index in [0.29, 0.717) is 13.1 Å². The molecule has 1 spiro atoms. The van der Waals surface area contributed by atoms with Gasteiger partial charge in [0.05, 0.1) is 0 Å². The summed E-state index contributed by atoms with van der Waals surface area (Å²) in [5.74, 6) is 1.14. The molecule has 0 aliphatic carbocycles. The number of anilines is 1. The fourth-order valence-electron chi connectivity index (χ4n) is 5.35. The summed E-state index contributed by atoms with van der Waals surface area (Å²) in [6.07, 6.45) is 4.20. The summed E-state index contributed by atoms with van der Waals surface area (Å²) in [5, 5.41) is 0. The first-order valence-electron chi connectivity index (χ1n) is 11.7. The number of para-hydroxylation sites is 1. The van der Waals surface area contributed by atoms with Crippen molar-refractivity contribution >= 4 is 11.7 Å². The summed E-state index contributed by atoms with van der Waals surface area (Å²) >= 11 is 0. The number of nitrogen functional groups attached to an aromatic ring is 1. The largest absolute Gasteiger partial charge is 0.449 e. The van der Waals surface area contributed by atoms with Crippen LogP contribution in [0, 0.1) is 5.41 Å². The number of rotatable bonds is 3. The Labute approximate surface area is 193 Å². The highest BCUT2D eigenvalue weighted by molar-refractivity contribution is 5.94. The van der Waals surface area contributed by atoms with Gasteiger partial charge in [-0.25, -0.2) is 0 Å². The number of nitrogens with two attached hydrogens (primary N) is 1. The third kappa shape index (κ3) is 4.31. The Kier molecular flexibility index (Phi) is 5.35. The average Bonchev–Trinajstić information content (AvgIpc) is 3.10. The number of aromatic amines is 1. The predicted molar refractivity (Wildman–Crippen MR) is 125 cm³/mol. The van der Waals surface area contributed by atoms with Gasteiger partial charge in [0.15, 0.2) is 11.5 Å². The maximum atomic E-state index is 12.8. The third-order valence-corrected chi connectivity index (χ3v) is 7.35. The van der Waals surface area contributed by atoms with Crippen LogP contribution in [0.1, 0.15) is 55.5 Å². The van der Waals surface area contributed by atoms with E-state index < -0.39 is 11.3 Å². The van der Waals surface area contributed by atoms with Gasteiger partial charge in [-0.2, -0.15) is 0 Å². The number of ether oxygens (including phenoxy) is 2. The number of fused-ring (bicyclic) bond motifs is 1. The Morgan fingerprint density at radius 1 is 1.03 bits per heavy atom. The fraction of sp³-hybridized carbons (Fsp3) is 0.520. The van der Waals surface area contributed by atoms with Crippen LogP contribution >= 0.6 is 0 Å². The molecule has 0 radical (unpaired) electrons. The number of amides is 1. The van der Waals surface area contributed by atoms with Crippen molar-refractivity contribution in [1.82, 2.24) is 14.8 Å². The molecule has 176 valence electrons. The standard InChI is InChI=1S/C25H32N4O4/c1-24(2)32-19-5-3-4-17(21(19)33-24)16-28-12-8-25(9-13-28)10-14-29(15-11-25)23(31)18-6-7-20(26)27-22(18)30/h3-7H,8-16H2,1-2H3,(H3,26,27,30). The van der Waals surface area contributed by atoms with Gasteiger partial charge >= 0.3 is 0 Å². The quantitative estimate of drug-likeness (QED) is 0.743. The molecule has 0 saturated carbocycles. The van der Waals surface area contributed by atoms with E-state index >= 15 is 0 Å². The Balaban J connectivity index is 1.17. The van der Waals surface area contributed by atoms with Gasteiger partial charge in [-0.05, 0) is 62.4 Å². The molecule has 1 amide bonds. The number of aromatic nitrogens is 1. The van der Waals surface area contributed by atoms with Crippen LogP contribution in [0.2, 0.25) is 0 Å². The van der Waals surface area contributed by atoms with Gasteiger partial charge in [0.1, 0.15) is 11.4 Å². The van der Waals surface area contributed by atoms with Crippen molar-refractivity contribution in [3.05, 3.63) is 51.8 Å². The third-order valence-electron chi connectivity index (χ3n) is 7.35. The maximum Gasteiger partial charge on any atom is 0.262 e. The molecular weight excluding hydrogens is 420 g/mol. The number of carbonyl (C=O) groups is 1. The molecule has 1 aromatic heterocycles. The molecule has 5 rings (SSSR count). The van der Waals surface area contributed by atoms with Gasteiger partial charge < -0.3 is 25.1 Å². The van der Waals surface area contributed by atoms with Gasteiger partial charge in [0.2, 0.25) is 5.79 Å². The van der Waals surface area contributed by atoms with Crippen molar-refractivity contribution in [1.29, 1.82) is 0 Å². The second-order valence-electron chi connectivity index (χ2n) is 10.1. The Morgan fingerprint density at radius 3 is 2.42 bits per heavy atom. The van der Waals surface area contributed by atoms with E-state index in [1.54, 1.807) is 6.07 Å². The maximum absolute atomic E-state index is 12.8. The number of nitrogens with zero attached hydrogens (tertiary/aromatic N) is 2. The van der Waals surface area contributed by atoms with Gasteiger partial charge in [0.25, 0.3) is 11.5 Å². The molecule has 2 fully saturated rings. The van der Waals surface area contributed by atoms with Crippen LogP contribution in [0.15, 0.2) is 35.1 Å². The molecular formula is C25H32N4O4. The molecule has 3 aliphatic rings. The first-order chi connectivity index (χ1) is 15.7. The van der Waals surface area contributed by atoms with Gasteiger partial charge in [-0.1, -0.05) is 12.1 Å². The van der Waals surface area contributed by atoms with E-state index in [4.69, 9.17) is 15.2 Å². The van der Waals surface area contributed by atoms with Crippen LogP contribution in [0.4, 0.5) is 5.82 Å². The summed E-state index contributed by atoms with van der Waals surface area (Å²) in [7, 11) is 0. The van der Waals surface area contributed by atoms with E-state index in [1.165, 1.54) is 11.6 Å². The minimum absolute atomic E-state index is 0.166. The first-order valence-corrected chi connectivity index (χ1v) is 11.7. The second kappa shape index (κ2) is 8.09. The monoisotopic (exact) mass is 452 g/mol. The molecule has 0 atom stereocenters. The van der Waals surface area contributed by atoms with Crippen LogP contribution in [0.25, 0.3) is 0 Å².